The van der Waals surface area contributed by atoms with Crippen LogP contribution >= 0.6 is 34.8 Å². The minimum Gasteiger partial charge on any atom is -0.478 e. The van der Waals surface area contributed by atoms with Gasteiger partial charge in [0.25, 0.3) is 0 Å². The van der Waals surface area contributed by atoms with Crippen molar-refractivity contribution in [2.75, 3.05) is 0 Å². The van der Waals surface area contributed by atoms with Gasteiger partial charge in [-0.3, -0.25) is 0 Å². The van der Waals surface area contributed by atoms with E-state index in [2.05, 4.69) is 4.98 Å². The van der Waals surface area contributed by atoms with Crippen molar-refractivity contribution >= 4 is 51.7 Å². The number of hydrogen-bond donors (Lipinski definition) is 1. The highest BCUT2D eigenvalue weighted by molar-refractivity contribution is 6.36. The molecule has 6 heteroatoms. The summed E-state index contributed by atoms with van der Waals surface area (Å²) in [6.45, 7) is 0. The Morgan fingerprint density at radius 3 is 2.50 bits per heavy atom. The molecule has 1 aromatic heterocycles. The van der Waals surface area contributed by atoms with Crippen LogP contribution in [0.3, 0.4) is 0 Å². The first-order chi connectivity index (χ1) is 10.5. The number of fused-ring (bicyclic) bond motifs is 1. The first kappa shape index (κ1) is 15.1. The molecule has 2 aromatic carbocycles. The molecule has 0 aliphatic rings. The number of nitrogens with zero attached hydrogens (tertiary/aromatic N) is 1. The molecular weight excluding hydrogens is 345 g/mol. The van der Waals surface area contributed by atoms with E-state index in [9.17, 15) is 9.90 Å². The fourth-order valence-electron chi connectivity index (χ4n) is 2.22. The lowest BCUT2D eigenvalue weighted by Gasteiger charge is -2.09. The third kappa shape index (κ3) is 2.63. The Hall–Kier alpha value is -1.81. The number of aromatic carboxylic acids is 1. The first-order valence-corrected chi connectivity index (χ1v) is 7.39. The summed E-state index contributed by atoms with van der Waals surface area (Å²) in [5.41, 5.74) is 1.48. The Balaban J connectivity index is 2.38. The molecule has 0 amide bonds. The minimum absolute atomic E-state index is 0.110. The van der Waals surface area contributed by atoms with E-state index in [1.165, 1.54) is 6.07 Å². The maximum absolute atomic E-state index is 11.5. The number of aromatic nitrogens is 1. The molecule has 0 atom stereocenters. The highest BCUT2D eigenvalue weighted by Crippen LogP contribution is 2.33. The molecule has 0 saturated heterocycles. The molecule has 0 aliphatic heterocycles. The number of carbonyl (C=O) groups is 1. The Labute approximate surface area is 141 Å². The van der Waals surface area contributed by atoms with E-state index >= 15 is 0 Å². The average Bonchev–Trinajstić information content (AvgIpc) is 2.49. The molecule has 0 radical (unpaired) electrons. The van der Waals surface area contributed by atoms with Crippen molar-refractivity contribution in [3.05, 3.63) is 63.1 Å². The van der Waals surface area contributed by atoms with E-state index in [1.54, 1.807) is 36.4 Å². The number of pyridine rings is 1. The SMILES string of the molecule is O=C(O)c1cc(-c2cc(Cl)ccc2Cl)nc2c(Cl)cccc12. The van der Waals surface area contributed by atoms with E-state index in [0.29, 0.717) is 37.2 Å². The lowest BCUT2D eigenvalue weighted by atomic mass is 10.0. The van der Waals surface area contributed by atoms with Crippen molar-refractivity contribution in [1.82, 2.24) is 4.98 Å². The second kappa shape index (κ2) is 5.76. The Kier molecular flexibility index (Phi) is 3.96. The zero-order valence-corrected chi connectivity index (χ0v) is 13.2. The van der Waals surface area contributed by atoms with Gasteiger partial charge in [0.2, 0.25) is 0 Å². The second-order valence-electron chi connectivity index (χ2n) is 4.62. The van der Waals surface area contributed by atoms with Crippen molar-refractivity contribution in [3.8, 4) is 11.3 Å². The van der Waals surface area contributed by atoms with Crippen LogP contribution in [0.4, 0.5) is 0 Å². The Bertz CT molecular complexity index is 909. The third-order valence-corrected chi connectivity index (χ3v) is 4.09. The number of carboxylic acid groups (broad SMARTS) is 1. The van der Waals surface area contributed by atoms with Gasteiger partial charge in [-0.25, -0.2) is 9.78 Å². The smallest absolute Gasteiger partial charge is 0.336 e. The van der Waals surface area contributed by atoms with Crippen LogP contribution in [0, 0.1) is 0 Å². The van der Waals surface area contributed by atoms with Gasteiger partial charge in [-0.1, -0.05) is 46.9 Å². The van der Waals surface area contributed by atoms with Gasteiger partial charge in [0.1, 0.15) is 0 Å². The fourth-order valence-corrected chi connectivity index (χ4v) is 2.83. The van der Waals surface area contributed by atoms with Gasteiger partial charge < -0.3 is 5.11 Å². The Morgan fingerprint density at radius 1 is 1.00 bits per heavy atom. The molecule has 1 N–H and O–H groups in total. The summed E-state index contributed by atoms with van der Waals surface area (Å²) in [7, 11) is 0. The molecule has 0 bridgehead atoms. The average molecular weight is 353 g/mol. The van der Waals surface area contributed by atoms with Crippen molar-refractivity contribution in [1.29, 1.82) is 0 Å². The van der Waals surface area contributed by atoms with E-state index < -0.39 is 5.97 Å². The summed E-state index contributed by atoms with van der Waals surface area (Å²) in [6, 6.07) is 11.4. The number of hydrogen-bond acceptors (Lipinski definition) is 2. The van der Waals surface area contributed by atoms with Gasteiger partial charge in [0, 0.05) is 16.0 Å². The van der Waals surface area contributed by atoms with E-state index in [0.717, 1.165) is 0 Å². The van der Waals surface area contributed by atoms with Gasteiger partial charge in [-0.15, -0.1) is 0 Å². The summed E-state index contributed by atoms with van der Waals surface area (Å²) < 4.78 is 0. The molecule has 0 aliphatic carbocycles. The van der Waals surface area contributed by atoms with Gasteiger partial charge in [-0.05, 0) is 30.3 Å². The number of rotatable bonds is 2. The molecule has 0 spiro atoms. The number of carboxylic acids is 1. The predicted octanol–water partition coefficient (Wildman–Crippen LogP) is 5.56. The predicted molar refractivity (Wildman–Crippen MR) is 89.2 cm³/mol. The van der Waals surface area contributed by atoms with Crippen molar-refractivity contribution in [3.63, 3.8) is 0 Å². The summed E-state index contributed by atoms with van der Waals surface area (Å²) in [4.78, 5) is 16.0. The van der Waals surface area contributed by atoms with Crippen molar-refractivity contribution in [2.24, 2.45) is 0 Å². The fraction of sp³-hybridized carbons (Fsp3) is 0. The van der Waals surface area contributed by atoms with Crippen LogP contribution in [-0.2, 0) is 0 Å². The number of para-hydroxylation sites is 1. The molecule has 22 heavy (non-hydrogen) atoms. The second-order valence-corrected chi connectivity index (χ2v) is 5.87. The standard InChI is InChI=1S/C16H8Cl3NO2/c17-8-4-5-12(18)11(6-8)14-7-10(16(21)22)9-2-1-3-13(19)15(9)20-14/h1-7H,(H,21,22). The zero-order valence-electron chi connectivity index (χ0n) is 11.0. The van der Waals surface area contributed by atoms with Crippen LogP contribution in [0.2, 0.25) is 15.1 Å². The molecule has 110 valence electrons. The summed E-state index contributed by atoms with van der Waals surface area (Å²) in [6.07, 6.45) is 0. The van der Waals surface area contributed by atoms with E-state index in [4.69, 9.17) is 34.8 Å². The quantitative estimate of drug-likeness (QED) is 0.657. The molecule has 3 aromatic rings. The van der Waals surface area contributed by atoms with E-state index in [1.807, 2.05) is 0 Å². The maximum Gasteiger partial charge on any atom is 0.336 e. The molecule has 0 unspecified atom stereocenters. The lowest BCUT2D eigenvalue weighted by Crippen LogP contribution is -2.00. The zero-order chi connectivity index (χ0) is 15.9. The molecule has 3 rings (SSSR count). The third-order valence-electron chi connectivity index (χ3n) is 3.23. The molecular formula is C16H8Cl3NO2. The van der Waals surface area contributed by atoms with Crippen molar-refractivity contribution in [2.45, 2.75) is 0 Å². The monoisotopic (exact) mass is 351 g/mol. The van der Waals surface area contributed by atoms with Crippen LogP contribution < -0.4 is 0 Å². The summed E-state index contributed by atoms with van der Waals surface area (Å²) in [5, 5.41) is 11.2. The number of halogens is 3. The van der Waals surface area contributed by atoms with Crippen LogP contribution in [0.25, 0.3) is 22.2 Å². The summed E-state index contributed by atoms with van der Waals surface area (Å²) in [5.74, 6) is -1.06. The van der Waals surface area contributed by atoms with Gasteiger partial charge >= 0.3 is 5.97 Å². The van der Waals surface area contributed by atoms with Crippen LogP contribution in [-0.4, -0.2) is 16.1 Å². The van der Waals surface area contributed by atoms with Crippen LogP contribution in [0.5, 0.6) is 0 Å². The largest absolute Gasteiger partial charge is 0.478 e. The van der Waals surface area contributed by atoms with E-state index in [-0.39, 0.29) is 5.56 Å². The molecule has 3 nitrogen and oxygen atoms in total. The molecule has 0 fully saturated rings. The van der Waals surface area contributed by atoms with Gasteiger partial charge in [0.15, 0.2) is 0 Å². The van der Waals surface area contributed by atoms with Crippen LogP contribution in [0.15, 0.2) is 42.5 Å². The normalized spacial score (nSPS) is 10.9. The van der Waals surface area contributed by atoms with Crippen molar-refractivity contribution < 1.29 is 9.90 Å². The number of benzene rings is 2. The topological polar surface area (TPSA) is 50.2 Å². The highest BCUT2D eigenvalue weighted by atomic mass is 35.5. The minimum atomic E-state index is -1.06. The summed E-state index contributed by atoms with van der Waals surface area (Å²) >= 11 is 18.3. The Morgan fingerprint density at radius 2 is 1.77 bits per heavy atom. The lowest BCUT2D eigenvalue weighted by molar-refractivity contribution is 0.0699. The van der Waals surface area contributed by atoms with Gasteiger partial charge in [0.05, 0.1) is 26.8 Å². The van der Waals surface area contributed by atoms with Crippen LogP contribution in [0.1, 0.15) is 10.4 Å². The highest BCUT2D eigenvalue weighted by Gasteiger charge is 2.16. The van der Waals surface area contributed by atoms with Gasteiger partial charge in [-0.2, -0.15) is 0 Å². The first-order valence-electron chi connectivity index (χ1n) is 6.25. The molecule has 1 heterocycles. The molecule has 0 saturated carbocycles. The maximum atomic E-state index is 11.5.